The van der Waals surface area contributed by atoms with Gasteiger partial charge in [0.05, 0.1) is 6.54 Å². The summed E-state index contributed by atoms with van der Waals surface area (Å²) in [4.78, 5) is 14.9. The van der Waals surface area contributed by atoms with E-state index in [1.54, 1.807) is 0 Å². The molecule has 1 aromatic rings. The largest absolute Gasteiger partial charge is 0.409 e. The number of likely N-dealkylation sites (tertiary alicyclic amines) is 1. The molecule has 1 aromatic heterocycles. The molecule has 20 heavy (non-hydrogen) atoms. The highest BCUT2D eigenvalue weighted by molar-refractivity contribution is 9.10. The van der Waals surface area contributed by atoms with Gasteiger partial charge in [-0.05, 0) is 40.2 Å². The molecule has 2 heterocycles. The van der Waals surface area contributed by atoms with Gasteiger partial charge in [0.2, 0.25) is 0 Å². The predicted molar refractivity (Wildman–Crippen MR) is 82.4 cm³/mol. The summed E-state index contributed by atoms with van der Waals surface area (Å²) in [6.45, 7) is 2.12. The van der Waals surface area contributed by atoms with Crippen molar-refractivity contribution in [3.8, 4) is 0 Å². The van der Waals surface area contributed by atoms with Crippen molar-refractivity contribution in [2.75, 3.05) is 19.6 Å². The van der Waals surface area contributed by atoms with Crippen molar-refractivity contribution in [2.24, 2.45) is 10.9 Å². The van der Waals surface area contributed by atoms with Gasteiger partial charge in [-0.15, -0.1) is 11.3 Å². The summed E-state index contributed by atoms with van der Waals surface area (Å²) in [5, 5.41) is 16.5. The molecule has 1 fully saturated rings. The van der Waals surface area contributed by atoms with Gasteiger partial charge >= 0.3 is 0 Å². The molecule has 1 aliphatic heterocycles. The maximum Gasteiger partial charge on any atom is 0.262 e. The Morgan fingerprint density at radius 3 is 2.85 bits per heavy atom. The maximum absolute atomic E-state index is 12.1. The summed E-state index contributed by atoms with van der Waals surface area (Å²) in [7, 11) is 0. The lowest BCUT2D eigenvalue weighted by atomic mass is 10.0. The van der Waals surface area contributed by atoms with Crippen molar-refractivity contribution in [2.45, 2.75) is 18.9 Å². The first-order valence-corrected chi connectivity index (χ1v) is 8.00. The monoisotopic (exact) mass is 360 g/mol. The third-order valence-electron chi connectivity index (χ3n) is 3.26. The third-order valence-corrected chi connectivity index (χ3v) is 5.10. The van der Waals surface area contributed by atoms with E-state index in [2.05, 4.69) is 31.3 Å². The van der Waals surface area contributed by atoms with Crippen LogP contribution in [0.25, 0.3) is 0 Å². The van der Waals surface area contributed by atoms with E-state index in [0.29, 0.717) is 11.4 Å². The molecule has 0 saturated carbocycles. The number of thiophene rings is 1. The van der Waals surface area contributed by atoms with Crippen molar-refractivity contribution in [3.63, 3.8) is 0 Å². The van der Waals surface area contributed by atoms with Crippen LogP contribution in [-0.2, 0) is 0 Å². The lowest BCUT2D eigenvalue weighted by Crippen LogP contribution is -2.46. The van der Waals surface area contributed by atoms with Crippen molar-refractivity contribution in [1.82, 2.24) is 10.2 Å². The van der Waals surface area contributed by atoms with Crippen LogP contribution in [0, 0.1) is 0 Å². The van der Waals surface area contributed by atoms with E-state index >= 15 is 0 Å². The zero-order chi connectivity index (χ0) is 14.5. The molecule has 1 saturated heterocycles. The van der Waals surface area contributed by atoms with Gasteiger partial charge in [-0.2, -0.15) is 0 Å². The number of halogens is 1. The van der Waals surface area contributed by atoms with Crippen LogP contribution < -0.4 is 11.1 Å². The molecule has 0 bridgehead atoms. The van der Waals surface area contributed by atoms with Crippen LogP contribution in [0.1, 0.15) is 22.5 Å². The summed E-state index contributed by atoms with van der Waals surface area (Å²) in [5.74, 6) is 0.191. The van der Waals surface area contributed by atoms with Crippen LogP contribution in [0.5, 0.6) is 0 Å². The lowest BCUT2D eigenvalue weighted by molar-refractivity contribution is 0.0918. The minimum absolute atomic E-state index is 0.0261. The summed E-state index contributed by atoms with van der Waals surface area (Å²) < 4.78 is 0.837. The van der Waals surface area contributed by atoms with E-state index in [9.17, 15) is 4.79 Å². The summed E-state index contributed by atoms with van der Waals surface area (Å²) in [5.41, 5.74) is 5.48. The van der Waals surface area contributed by atoms with Crippen LogP contribution in [0.15, 0.2) is 21.1 Å². The topological polar surface area (TPSA) is 91.0 Å². The molecule has 0 atom stereocenters. The SMILES string of the molecule is NC(CN1CCC(NC(=O)c2sccc2Br)CC1)=NO. The highest BCUT2D eigenvalue weighted by atomic mass is 79.9. The molecule has 1 aliphatic rings. The second kappa shape index (κ2) is 7.05. The Kier molecular flexibility index (Phi) is 5.38. The number of nitrogens with zero attached hydrogens (tertiary/aromatic N) is 2. The Balaban J connectivity index is 1.80. The molecule has 0 aliphatic carbocycles. The van der Waals surface area contributed by atoms with E-state index in [4.69, 9.17) is 10.9 Å². The van der Waals surface area contributed by atoms with Gasteiger partial charge < -0.3 is 16.3 Å². The molecule has 0 radical (unpaired) electrons. The summed E-state index contributed by atoms with van der Waals surface area (Å²) in [6, 6.07) is 2.05. The van der Waals surface area contributed by atoms with E-state index in [-0.39, 0.29) is 17.8 Å². The van der Waals surface area contributed by atoms with E-state index < -0.39 is 0 Å². The molecular weight excluding hydrogens is 344 g/mol. The fourth-order valence-electron chi connectivity index (χ4n) is 2.20. The molecule has 110 valence electrons. The fraction of sp³-hybridized carbons (Fsp3) is 0.500. The standard InChI is InChI=1S/C12H17BrN4O2S/c13-9-3-6-20-11(9)12(18)15-8-1-4-17(5-2-8)7-10(14)16-19/h3,6,8,19H,1-2,4-5,7H2,(H2,14,16)(H,15,18). The van der Waals surface area contributed by atoms with Gasteiger partial charge in [-0.25, -0.2) is 0 Å². The fourth-order valence-corrected chi connectivity index (χ4v) is 3.66. The number of amides is 1. The van der Waals surface area contributed by atoms with E-state index in [1.807, 2.05) is 11.4 Å². The minimum Gasteiger partial charge on any atom is -0.409 e. The second-order valence-corrected chi connectivity index (χ2v) is 6.48. The molecule has 8 heteroatoms. The molecule has 2 rings (SSSR count). The van der Waals surface area contributed by atoms with Crippen LogP contribution in [0.2, 0.25) is 0 Å². The minimum atomic E-state index is -0.0261. The van der Waals surface area contributed by atoms with Crippen molar-refractivity contribution < 1.29 is 10.0 Å². The molecule has 0 spiro atoms. The molecule has 1 amide bonds. The quantitative estimate of drug-likeness (QED) is 0.328. The predicted octanol–water partition coefficient (Wildman–Crippen LogP) is 1.45. The van der Waals surface area contributed by atoms with E-state index in [1.165, 1.54) is 11.3 Å². The summed E-state index contributed by atoms with van der Waals surface area (Å²) >= 11 is 4.80. The number of amidine groups is 1. The van der Waals surface area contributed by atoms with Gasteiger partial charge in [0.25, 0.3) is 5.91 Å². The highest BCUT2D eigenvalue weighted by Gasteiger charge is 2.22. The van der Waals surface area contributed by atoms with Crippen molar-refractivity contribution >= 4 is 39.0 Å². The third kappa shape index (κ3) is 3.94. The molecule has 0 unspecified atom stereocenters. The Bertz CT molecular complexity index is 497. The maximum atomic E-state index is 12.1. The number of carbonyl (C=O) groups is 1. The first-order chi connectivity index (χ1) is 9.60. The molecular formula is C12H17BrN4O2S. The first kappa shape index (κ1) is 15.3. The van der Waals surface area contributed by atoms with Gasteiger partial charge in [-0.3, -0.25) is 9.69 Å². The lowest BCUT2D eigenvalue weighted by Gasteiger charge is -2.31. The number of piperidine rings is 1. The normalized spacial score (nSPS) is 18.1. The van der Waals surface area contributed by atoms with Crippen LogP contribution in [0.3, 0.4) is 0 Å². The van der Waals surface area contributed by atoms with Crippen LogP contribution >= 0.6 is 27.3 Å². The molecule has 0 aromatic carbocycles. The van der Waals surface area contributed by atoms with Gasteiger partial charge in [0.15, 0.2) is 5.84 Å². The van der Waals surface area contributed by atoms with Crippen molar-refractivity contribution in [1.29, 1.82) is 0 Å². The van der Waals surface area contributed by atoms with E-state index in [0.717, 1.165) is 30.4 Å². The zero-order valence-electron chi connectivity index (χ0n) is 10.9. The average molecular weight is 361 g/mol. The van der Waals surface area contributed by atoms with Crippen LogP contribution in [0.4, 0.5) is 0 Å². The number of hydrogen-bond donors (Lipinski definition) is 3. The number of hydrogen-bond acceptors (Lipinski definition) is 5. The Morgan fingerprint density at radius 2 is 2.30 bits per heavy atom. The molecule has 4 N–H and O–H groups in total. The van der Waals surface area contributed by atoms with Gasteiger partial charge in [-0.1, -0.05) is 5.16 Å². The Morgan fingerprint density at radius 1 is 1.60 bits per heavy atom. The second-order valence-electron chi connectivity index (χ2n) is 4.71. The number of carbonyl (C=O) groups excluding carboxylic acids is 1. The number of nitrogens with one attached hydrogen (secondary N) is 1. The number of nitrogens with two attached hydrogens (primary N) is 1. The Labute approximate surface area is 129 Å². The smallest absolute Gasteiger partial charge is 0.262 e. The van der Waals surface area contributed by atoms with Crippen LogP contribution in [-0.4, -0.2) is 47.5 Å². The molecule has 6 nitrogen and oxygen atoms in total. The van der Waals surface area contributed by atoms with Gasteiger partial charge in [0, 0.05) is 23.6 Å². The average Bonchev–Trinajstić information content (AvgIpc) is 2.87. The number of oxime groups is 1. The summed E-state index contributed by atoms with van der Waals surface area (Å²) in [6.07, 6.45) is 1.74. The van der Waals surface area contributed by atoms with Crippen molar-refractivity contribution in [3.05, 3.63) is 20.8 Å². The Hall–Kier alpha value is -1.12. The first-order valence-electron chi connectivity index (χ1n) is 6.32. The highest BCUT2D eigenvalue weighted by Crippen LogP contribution is 2.23. The number of rotatable bonds is 4. The van der Waals surface area contributed by atoms with Gasteiger partial charge in [0.1, 0.15) is 4.88 Å². The zero-order valence-corrected chi connectivity index (χ0v) is 13.3.